The Morgan fingerprint density at radius 2 is 1.94 bits per heavy atom. The molecule has 2 rings (SSSR count). The zero-order chi connectivity index (χ0) is 11.5. The van der Waals surface area contributed by atoms with Crippen molar-refractivity contribution in [3.05, 3.63) is 33.3 Å². The van der Waals surface area contributed by atoms with Crippen molar-refractivity contribution in [2.75, 3.05) is 26.2 Å². The van der Waals surface area contributed by atoms with Crippen molar-refractivity contribution >= 4 is 15.9 Å². The number of rotatable bonds is 2. The Balaban J connectivity index is 2.13. The molecule has 0 saturated carbocycles. The van der Waals surface area contributed by atoms with Crippen molar-refractivity contribution in [3.8, 4) is 0 Å². The van der Waals surface area contributed by atoms with Gasteiger partial charge in [0.25, 0.3) is 0 Å². The van der Waals surface area contributed by atoms with Crippen LogP contribution < -0.4 is 5.32 Å². The van der Waals surface area contributed by atoms with Crippen LogP contribution in [0, 0.1) is 13.8 Å². The van der Waals surface area contributed by atoms with Crippen LogP contribution in [0.2, 0.25) is 0 Å². The number of nitrogens with one attached hydrogen (secondary N) is 1. The molecule has 16 heavy (non-hydrogen) atoms. The maximum Gasteiger partial charge on any atom is 0.0237 e. The van der Waals surface area contributed by atoms with Crippen LogP contribution in [0.4, 0.5) is 0 Å². The molecule has 88 valence electrons. The summed E-state index contributed by atoms with van der Waals surface area (Å²) < 4.78 is 1.20. The van der Waals surface area contributed by atoms with E-state index >= 15 is 0 Å². The fourth-order valence-corrected chi connectivity index (χ4v) is 2.78. The zero-order valence-corrected chi connectivity index (χ0v) is 11.6. The topological polar surface area (TPSA) is 15.3 Å². The minimum absolute atomic E-state index is 1.08. The lowest BCUT2D eigenvalue weighted by atomic mass is 10.0. The lowest BCUT2D eigenvalue weighted by Crippen LogP contribution is -2.43. The molecule has 1 heterocycles. The third kappa shape index (κ3) is 2.84. The summed E-state index contributed by atoms with van der Waals surface area (Å²) in [7, 11) is 0. The van der Waals surface area contributed by atoms with E-state index in [-0.39, 0.29) is 0 Å². The Kier molecular flexibility index (Phi) is 4.00. The van der Waals surface area contributed by atoms with Crippen molar-refractivity contribution < 1.29 is 0 Å². The van der Waals surface area contributed by atoms with Gasteiger partial charge in [-0.2, -0.15) is 0 Å². The third-order valence-corrected chi connectivity index (χ3v) is 3.80. The fraction of sp³-hybridized carbons (Fsp3) is 0.538. The molecule has 0 aromatic heterocycles. The fourth-order valence-electron chi connectivity index (χ4n) is 2.16. The van der Waals surface area contributed by atoms with Crippen LogP contribution in [0.15, 0.2) is 16.6 Å². The predicted molar refractivity (Wildman–Crippen MR) is 71.8 cm³/mol. The van der Waals surface area contributed by atoms with E-state index in [2.05, 4.69) is 52.1 Å². The van der Waals surface area contributed by atoms with Crippen molar-refractivity contribution in [3.63, 3.8) is 0 Å². The van der Waals surface area contributed by atoms with Crippen molar-refractivity contribution in [2.45, 2.75) is 20.4 Å². The highest BCUT2D eigenvalue weighted by Gasteiger charge is 2.12. The molecule has 1 aliphatic rings. The summed E-state index contributed by atoms with van der Waals surface area (Å²) in [5.74, 6) is 0. The van der Waals surface area contributed by atoms with Crippen molar-refractivity contribution in [1.29, 1.82) is 0 Å². The summed E-state index contributed by atoms with van der Waals surface area (Å²) in [5, 5.41) is 3.39. The number of aryl methyl sites for hydroxylation is 1. The molecule has 3 heteroatoms. The Hall–Kier alpha value is -0.380. The van der Waals surface area contributed by atoms with Gasteiger partial charge in [0.2, 0.25) is 0 Å². The highest BCUT2D eigenvalue weighted by molar-refractivity contribution is 9.10. The average molecular weight is 283 g/mol. The molecule has 1 aromatic carbocycles. The second-order valence-electron chi connectivity index (χ2n) is 4.53. The Morgan fingerprint density at radius 3 is 2.62 bits per heavy atom. The van der Waals surface area contributed by atoms with Gasteiger partial charge in [-0.1, -0.05) is 15.9 Å². The van der Waals surface area contributed by atoms with E-state index in [9.17, 15) is 0 Å². The first-order valence-electron chi connectivity index (χ1n) is 5.85. The van der Waals surface area contributed by atoms with Crippen LogP contribution in [0.25, 0.3) is 0 Å². The standard InChI is InChI=1S/C13H19BrN2/c1-10-7-13(14)8-12(11(10)2)9-16-5-3-15-4-6-16/h7-8,15H,3-6,9H2,1-2H3. The van der Waals surface area contributed by atoms with Crippen LogP contribution in [0.3, 0.4) is 0 Å². The Labute approximate surface area is 106 Å². The molecule has 2 nitrogen and oxygen atoms in total. The van der Waals surface area contributed by atoms with Crippen LogP contribution >= 0.6 is 15.9 Å². The summed E-state index contributed by atoms with van der Waals surface area (Å²) in [6.07, 6.45) is 0. The van der Waals surface area contributed by atoms with Crippen LogP contribution in [0.5, 0.6) is 0 Å². The number of hydrogen-bond donors (Lipinski definition) is 1. The van der Waals surface area contributed by atoms with E-state index in [0.29, 0.717) is 0 Å². The Bertz CT molecular complexity index is 370. The number of nitrogens with zero attached hydrogens (tertiary/aromatic N) is 1. The molecule has 0 atom stereocenters. The molecule has 1 N–H and O–H groups in total. The van der Waals surface area contributed by atoms with Gasteiger partial charge in [0.1, 0.15) is 0 Å². The molecule has 1 aromatic rings. The molecule has 1 aliphatic heterocycles. The second kappa shape index (κ2) is 5.30. The van der Waals surface area contributed by atoms with Gasteiger partial charge in [-0.3, -0.25) is 4.90 Å². The minimum atomic E-state index is 1.08. The van der Waals surface area contributed by atoms with Crippen molar-refractivity contribution in [2.24, 2.45) is 0 Å². The average Bonchev–Trinajstić information content (AvgIpc) is 2.27. The van der Waals surface area contributed by atoms with Gasteiger partial charge >= 0.3 is 0 Å². The molecular formula is C13H19BrN2. The lowest BCUT2D eigenvalue weighted by Gasteiger charge is -2.28. The molecule has 0 spiro atoms. The van der Waals surface area contributed by atoms with Gasteiger partial charge in [0, 0.05) is 37.2 Å². The third-order valence-electron chi connectivity index (χ3n) is 3.34. The molecule has 0 bridgehead atoms. The largest absolute Gasteiger partial charge is 0.314 e. The second-order valence-corrected chi connectivity index (χ2v) is 5.45. The Morgan fingerprint density at radius 1 is 1.25 bits per heavy atom. The predicted octanol–water partition coefficient (Wildman–Crippen LogP) is 2.47. The van der Waals surface area contributed by atoms with Gasteiger partial charge in [-0.15, -0.1) is 0 Å². The van der Waals surface area contributed by atoms with Crippen molar-refractivity contribution in [1.82, 2.24) is 10.2 Å². The number of piperazine rings is 1. The van der Waals surface area contributed by atoms with E-state index in [1.165, 1.54) is 21.2 Å². The van der Waals surface area contributed by atoms with Crippen LogP contribution in [-0.4, -0.2) is 31.1 Å². The number of halogens is 1. The monoisotopic (exact) mass is 282 g/mol. The normalized spacial score (nSPS) is 17.7. The van der Waals surface area contributed by atoms with Gasteiger partial charge < -0.3 is 5.32 Å². The van der Waals surface area contributed by atoms with E-state index < -0.39 is 0 Å². The van der Waals surface area contributed by atoms with Crippen LogP contribution in [0.1, 0.15) is 16.7 Å². The maximum atomic E-state index is 3.58. The molecular weight excluding hydrogens is 264 g/mol. The lowest BCUT2D eigenvalue weighted by molar-refractivity contribution is 0.233. The number of hydrogen-bond acceptors (Lipinski definition) is 2. The van der Waals surface area contributed by atoms with Crippen LogP contribution in [-0.2, 0) is 6.54 Å². The first-order chi connectivity index (χ1) is 7.66. The molecule has 0 unspecified atom stereocenters. The van der Waals surface area contributed by atoms with E-state index in [1.807, 2.05) is 0 Å². The summed E-state index contributed by atoms with van der Waals surface area (Å²) in [4.78, 5) is 2.52. The van der Waals surface area contributed by atoms with Gasteiger partial charge in [-0.05, 0) is 42.7 Å². The minimum Gasteiger partial charge on any atom is -0.314 e. The number of benzene rings is 1. The van der Waals surface area contributed by atoms with Gasteiger partial charge in [0.15, 0.2) is 0 Å². The molecule has 1 saturated heterocycles. The quantitative estimate of drug-likeness (QED) is 0.897. The summed E-state index contributed by atoms with van der Waals surface area (Å²) in [6.45, 7) is 10.0. The van der Waals surface area contributed by atoms with E-state index in [4.69, 9.17) is 0 Å². The van der Waals surface area contributed by atoms with E-state index in [1.54, 1.807) is 0 Å². The molecule has 1 fully saturated rings. The molecule has 0 aliphatic carbocycles. The smallest absolute Gasteiger partial charge is 0.0237 e. The highest BCUT2D eigenvalue weighted by atomic mass is 79.9. The summed E-state index contributed by atoms with van der Waals surface area (Å²) in [5.41, 5.74) is 4.26. The highest BCUT2D eigenvalue weighted by Crippen LogP contribution is 2.21. The molecule has 0 amide bonds. The van der Waals surface area contributed by atoms with Gasteiger partial charge in [0.05, 0.1) is 0 Å². The zero-order valence-electron chi connectivity index (χ0n) is 10.0. The van der Waals surface area contributed by atoms with E-state index in [0.717, 1.165) is 32.7 Å². The first kappa shape index (κ1) is 12.1. The first-order valence-corrected chi connectivity index (χ1v) is 6.65. The van der Waals surface area contributed by atoms with Gasteiger partial charge in [-0.25, -0.2) is 0 Å². The maximum absolute atomic E-state index is 3.58. The molecule has 0 radical (unpaired) electrons. The summed E-state index contributed by atoms with van der Waals surface area (Å²) >= 11 is 3.58. The summed E-state index contributed by atoms with van der Waals surface area (Å²) in [6, 6.07) is 4.45. The SMILES string of the molecule is Cc1cc(Br)cc(CN2CCNCC2)c1C.